The number of hydrogen-bond acceptors (Lipinski definition) is 0. The third-order valence-electron chi connectivity index (χ3n) is 0. The van der Waals surface area contributed by atoms with Crippen LogP contribution in [0.4, 0.5) is 0 Å². The molecule has 0 fully saturated rings. The first kappa shape index (κ1) is 15.7. The summed E-state index contributed by atoms with van der Waals surface area (Å²) >= 11 is 0. The molecule has 0 rings (SSSR count). The second-order valence-electron chi connectivity index (χ2n) is 2.68. The third-order valence-corrected chi connectivity index (χ3v) is 0. The van der Waals surface area contributed by atoms with Crippen LogP contribution in [-0.2, 0) is 0 Å². The van der Waals surface area contributed by atoms with Gasteiger partial charge in [-0.15, -0.1) is 12.4 Å². The van der Waals surface area contributed by atoms with Crippen LogP contribution in [0.5, 0.6) is 0 Å². The fourth-order valence-corrected chi connectivity index (χ4v) is 0. The summed E-state index contributed by atoms with van der Waals surface area (Å²) < 4.78 is 1.00. The molecule has 0 unspecified atom stereocenters. The molecule has 0 aromatic heterocycles. The summed E-state index contributed by atoms with van der Waals surface area (Å²) in [4.78, 5) is 0. The Balaban J connectivity index is -0.0000000800. The lowest BCUT2D eigenvalue weighted by Crippen LogP contribution is -2.27. The highest BCUT2D eigenvalue weighted by Crippen LogP contribution is 1.73. The Bertz CT molecular complexity index is 27.2. The quantitative estimate of drug-likeness (QED) is 0.409. The van der Waals surface area contributed by atoms with Gasteiger partial charge >= 0.3 is 0 Å². The summed E-state index contributed by atoms with van der Waals surface area (Å²) in [5.41, 5.74) is 0. The molecule has 0 spiro atoms. The van der Waals surface area contributed by atoms with E-state index in [-0.39, 0.29) is 17.9 Å². The average molecular weight is 129 g/mol. The SMILES string of the molecule is C[N+](C)(C)C.Cl.O. The van der Waals surface area contributed by atoms with Crippen LogP contribution in [0.25, 0.3) is 0 Å². The van der Waals surface area contributed by atoms with Crippen molar-refractivity contribution in [2.24, 2.45) is 0 Å². The standard InChI is InChI=1S/C4H12N.ClH.H2O/c1-5(2,3)4;;/h1-4H3;1H;1H2/q+1;;. The Hall–Kier alpha value is 0.210. The van der Waals surface area contributed by atoms with Crippen LogP contribution < -0.4 is 0 Å². The third kappa shape index (κ3) is 2500. The van der Waals surface area contributed by atoms with E-state index in [1.165, 1.54) is 0 Å². The molecule has 3 heteroatoms. The number of rotatable bonds is 0. The molecule has 0 heterocycles. The van der Waals surface area contributed by atoms with E-state index in [0.29, 0.717) is 0 Å². The van der Waals surface area contributed by atoms with Crippen LogP contribution in [0.3, 0.4) is 0 Å². The van der Waals surface area contributed by atoms with Gasteiger partial charge in [-0.05, 0) is 0 Å². The molecule has 0 aliphatic rings. The molecule has 2 N–H and O–H groups in total. The monoisotopic (exact) mass is 128 g/mol. The first-order valence-electron chi connectivity index (χ1n) is 1.79. The molecule has 0 radical (unpaired) electrons. The predicted molar refractivity (Wildman–Crippen MR) is 34.8 cm³/mol. The molecule has 0 amide bonds. The van der Waals surface area contributed by atoms with Gasteiger partial charge in [0.05, 0.1) is 28.2 Å². The van der Waals surface area contributed by atoms with Crippen molar-refractivity contribution in [3.05, 3.63) is 0 Å². The second kappa shape index (κ2) is 4.37. The highest BCUT2D eigenvalue weighted by Gasteiger charge is 1.88. The zero-order valence-corrected chi connectivity index (χ0v) is 6.17. The molecule has 0 bridgehead atoms. The van der Waals surface area contributed by atoms with Gasteiger partial charge in [-0.2, -0.15) is 0 Å². The molecular weight excluding hydrogens is 114 g/mol. The summed E-state index contributed by atoms with van der Waals surface area (Å²) in [7, 11) is 8.50. The Morgan fingerprint density at radius 1 is 0.857 bits per heavy atom. The van der Waals surface area contributed by atoms with Gasteiger partial charge in [0.2, 0.25) is 0 Å². The van der Waals surface area contributed by atoms with Crippen LogP contribution >= 0.6 is 12.4 Å². The summed E-state index contributed by atoms with van der Waals surface area (Å²) in [6, 6.07) is 0. The zero-order chi connectivity index (χ0) is 4.50. The highest BCUT2D eigenvalue weighted by atomic mass is 35.5. The molecule has 0 saturated carbocycles. The molecule has 0 aliphatic heterocycles. The van der Waals surface area contributed by atoms with Crippen molar-refractivity contribution in [1.82, 2.24) is 0 Å². The van der Waals surface area contributed by atoms with E-state index in [0.717, 1.165) is 4.48 Å². The number of hydrogen-bond donors (Lipinski definition) is 0. The number of nitrogens with zero attached hydrogens (tertiary/aromatic N) is 1. The molecule has 0 saturated heterocycles. The topological polar surface area (TPSA) is 31.5 Å². The van der Waals surface area contributed by atoms with Crippen LogP contribution in [-0.4, -0.2) is 38.1 Å². The summed E-state index contributed by atoms with van der Waals surface area (Å²) in [6.45, 7) is 0. The molecule has 0 atom stereocenters. The van der Waals surface area contributed by atoms with Crippen molar-refractivity contribution in [2.45, 2.75) is 0 Å². The van der Waals surface area contributed by atoms with Crippen molar-refractivity contribution in [2.75, 3.05) is 28.2 Å². The van der Waals surface area contributed by atoms with E-state index in [9.17, 15) is 0 Å². The fraction of sp³-hybridized carbons (Fsp3) is 1.00. The van der Waals surface area contributed by atoms with Gasteiger partial charge in [-0.25, -0.2) is 0 Å². The molecule has 0 aromatic carbocycles. The Labute approximate surface area is 51.4 Å². The molecule has 48 valence electrons. The first-order valence-corrected chi connectivity index (χ1v) is 1.79. The van der Waals surface area contributed by atoms with Gasteiger partial charge in [0.15, 0.2) is 0 Å². The molecule has 0 aromatic rings. The van der Waals surface area contributed by atoms with Crippen LogP contribution in [0, 0.1) is 0 Å². The van der Waals surface area contributed by atoms with Crippen molar-refractivity contribution in [3.63, 3.8) is 0 Å². The van der Waals surface area contributed by atoms with Crippen LogP contribution in [0.2, 0.25) is 0 Å². The normalized spacial score (nSPS) is 8.57. The van der Waals surface area contributed by atoms with Gasteiger partial charge in [0, 0.05) is 0 Å². The molecular formula is C4H15ClNO+. The van der Waals surface area contributed by atoms with E-state index >= 15 is 0 Å². The van der Waals surface area contributed by atoms with E-state index in [4.69, 9.17) is 0 Å². The second-order valence-corrected chi connectivity index (χ2v) is 2.68. The van der Waals surface area contributed by atoms with Crippen molar-refractivity contribution >= 4 is 12.4 Å². The summed E-state index contributed by atoms with van der Waals surface area (Å²) in [6.07, 6.45) is 0. The van der Waals surface area contributed by atoms with Crippen LogP contribution in [0.1, 0.15) is 0 Å². The van der Waals surface area contributed by atoms with E-state index in [1.807, 2.05) is 0 Å². The smallest absolute Gasteiger partial charge is 0.0675 e. The van der Waals surface area contributed by atoms with Gasteiger partial charge in [-0.1, -0.05) is 0 Å². The van der Waals surface area contributed by atoms with E-state index in [1.54, 1.807) is 0 Å². The first-order chi connectivity index (χ1) is 2.00. The van der Waals surface area contributed by atoms with Gasteiger partial charge < -0.3 is 9.96 Å². The van der Waals surface area contributed by atoms with Crippen molar-refractivity contribution in [1.29, 1.82) is 0 Å². The Morgan fingerprint density at radius 3 is 0.857 bits per heavy atom. The Kier molecular flexibility index (Phi) is 9.80. The summed E-state index contributed by atoms with van der Waals surface area (Å²) in [5, 5.41) is 0. The molecule has 2 nitrogen and oxygen atoms in total. The van der Waals surface area contributed by atoms with E-state index < -0.39 is 0 Å². The van der Waals surface area contributed by atoms with Gasteiger partial charge in [0.25, 0.3) is 0 Å². The molecule has 0 aliphatic carbocycles. The maximum absolute atomic E-state index is 2.12. The molecule has 7 heavy (non-hydrogen) atoms. The van der Waals surface area contributed by atoms with Crippen molar-refractivity contribution in [3.8, 4) is 0 Å². The van der Waals surface area contributed by atoms with Gasteiger partial charge in [0.1, 0.15) is 0 Å². The van der Waals surface area contributed by atoms with E-state index in [2.05, 4.69) is 28.2 Å². The van der Waals surface area contributed by atoms with Crippen molar-refractivity contribution < 1.29 is 9.96 Å². The number of halogens is 1. The van der Waals surface area contributed by atoms with Crippen LogP contribution in [0.15, 0.2) is 0 Å². The largest absolute Gasteiger partial charge is 0.412 e. The van der Waals surface area contributed by atoms with Gasteiger partial charge in [-0.3, -0.25) is 0 Å². The minimum atomic E-state index is 0. The maximum Gasteiger partial charge on any atom is 0.0675 e. The highest BCUT2D eigenvalue weighted by molar-refractivity contribution is 5.85. The maximum atomic E-state index is 2.12. The lowest BCUT2D eigenvalue weighted by atomic mass is 10.8. The fourth-order valence-electron chi connectivity index (χ4n) is 0. The Morgan fingerprint density at radius 2 is 0.857 bits per heavy atom. The lowest BCUT2D eigenvalue weighted by molar-refractivity contribution is -0.849. The lowest BCUT2D eigenvalue weighted by Gasteiger charge is -2.14. The average Bonchev–Trinajstić information content (AvgIpc) is 0.722. The zero-order valence-electron chi connectivity index (χ0n) is 5.36. The number of quaternary nitrogens is 1. The minimum absolute atomic E-state index is 0. The predicted octanol–water partition coefficient (Wildman–Crippen LogP) is -0.0805. The minimum Gasteiger partial charge on any atom is -0.412 e. The summed E-state index contributed by atoms with van der Waals surface area (Å²) in [5.74, 6) is 0.